The fourth-order valence-corrected chi connectivity index (χ4v) is 13.6. The summed E-state index contributed by atoms with van der Waals surface area (Å²) in [4.78, 5) is 0. The van der Waals surface area contributed by atoms with Crippen molar-refractivity contribution < 1.29 is 35.7 Å². The molecule has 0 fully saturated rings. The van der Waals surface area contributed by atoms with Gasteiger partial charge in [-0.1, -0.05) is 154 Å². The van der Waals surface area contributed by atoms with E-state index in [1.807, 2.05) is 0 Å². The Hall–Kier alpha value is -2.12. The van der Waals surface area contributed by atoms with Gasteiger partial charge in [0, 0.05) is 0 Å². The van der Waals surface area contributed by atoms with Gasteiger partial charge in [-0.2, -0.15) is 12.1 Å². The molecule has 0 aliphatic heterocycles. The Labute approximate surface area is 302 Å². The van der Waals surface area contributed by atoms with Crippen LogP contribution in [0.4, 0.5) is 0 Å². The van der Waals surface area contributed by atoms with Crippen molar-refractivity contribution in [2.75, 3.05) is 0 Å². The van der Waals surface area contributed by atoms with Gasteiger partial charge in [0.05, 0.1) is 0 Å². The molecular weight excluding hydrogens is 705 g/mol. The smallest absolute Gasteiger partial charge is 0.0279 e. The minimum Gasteiger partial charge on any atom is -1.00 e. The third-order valence-corrected chi connectivity index (χ3v) is 12.0. The Morgan fingerprint density at radius 3 is 1.15 bits per heavy atom. The van der Waals surface area contributed by atoms with E-state index >= 15 is 0 Å². The van der Waals surface area contributed by atoms with Gasteiger partial charge in [-0.05, 0) is 11.1 Å². The molecule has 0 spiro atoms. The average molecular weight is 756 g/mol. The maximum absolute atomic E-state index is 4.82. The van der Waals surface area contributed by atoms with Crippen LogP contribution in [0.3, 0.4) is 0 Å². The molecule has 0 saturated heterocycles. The van der Waals surface area contributed by atoms with Crippen molar-refractivity contribution in [3.8, 4) is 22.3 Å². The molecule has 6 aromatic carbocycles. The Morgan fingerprint density at radius 1 is 0.543 bits per heavy atom. The molecule has 0 amide bonds. The molecule has 0 saturated carbocycles. The molecule has 6 rings (SSSR count). The number of hydrogen-bond acceptors (Lipinski definition) is 0. The van der Waals surface area contributed by atoms with Crippen molar-refractivity contribution in [2.45, 2.75) is 66.2 Å². The summed E-state index contributed by atoms with van der Waals surface area (Å²) in [6.07, 6.45) is 0. The molecule has 0 unspecified atom stereocenters. The zero-order valence-electron chi connectivity index (χ0n) is 29.4. The molecule has 0 aliphatic rings. The van der Waals surface area contributed by atoms with Crippen LogP contribution in [0, 0.1) is 13.8 Å². The monoisotopic (exact) mass is 753 g/mol. The third-order valence-electron chi connectivity index (χ3n) is 6.63. The number of fused-ring (bicyclic) bond motifs is 2. The van der Waals surface area contributed by atoms with Crippen molar-refractivity contribution in [1.29, 1.82) is 0 Å². The van der Waals surface area contributed by atoms with Gasteiger partial charge in [0.25, 0.3) is 0 Å². The van der Waals surface area contributed by atoms with Crippen LogP contribution >= 0.6 is 0 Å². The van der Waals surface area contributed by atoms with Gasteiger partial charge < -0.3 is 17.1 Å². The first kappa shape index (κ1) is 40.1. The number of aryl methyl sites for hydroxylation is 2. The Balaban J connectivity index is 0.000000233. The van der Waals surface area contributed by atoms with E-state index in [0.29, 0.717) is 0 Å². The fraction of sp³-hybridized carbons (Fsp3) is 0.250. The van der Waals surface area contributed by atoms with Crippen molar-refractivity contribution in [3.63, 3.8) is 0 Å². The second kappa shape index (κ2) is 18.4. The summed E-state index contributed by atoms with van der Waals surface area (Å²) in [5, 5.41) is 5.37. The number of nitrogens with zero attached hydrogens (tertiary/aromatic N) is 1. The van der Waals surface area contributed by atoms with Crippen molar-refractivity contribution in [3.05, 3.63) is 137 Å². The first-order valence-corrected chi connectivity index (χ1v) is 28.9. The van der Waals surface area contributed by atoms with E-state index in [2.05, 4.69) is 188 Å². The van der Waals surface area contributed by atoms with Gasteiger partial charge in [-0.25, -0.2) is 0 Å². The topological polar surface area (TPSA) is 14.1 Å². The molecule has 0 heterocycles. The minimum atomic E-state index is -1.11. The van der Waals surface area contributed by atoms with Gasteiger partial charge in [0.2, 0.25) is 0 Å². The van der Waals surface area contributed by atoms with E-state index in [1.54, 1.807) is 23.3 Å². The van der Waals surface area contributed by atoms with E-state index in [-0.39, 0.29) is 17.8 Å². The number of rotatable bonds is 4. The van der Waals surface area contributed by atoms with E-state index in [0.717, 1.165) is 0 Å². The van der Waals surface area contributed by atoms with Crippen LogP contribution in [0.2, 0.25) is 52.4 Å². The number of benzene rings is 4. The fourth-order valence-electron chi connectivity index (χ4n) is 5.51. The predicted molar refractivity (Wildman–Crippen MR) is 207 cm³/mol. The normalized spacial score (nSPS) is 10.9. The summed E-state index contributed by atoms with van der Waals surface area (Å²) in [5.74, 6) is 0. The zero-order chi connectivity index (χ0) is 33.2. The van der Waals surface area contributed by atoms with Gasteiger partial charge in [0.15, 0.2) is 0 Å². The second-order valence-electron chi connectivity index (χ2n) is 13.9. The summed E-state index contributed by atoms with van der Waals surface area (Å²) in [5.41, 5.74) is 8.11. The van der Waals surface area contributed by atoms with Crippen molar-refractivity contribution in [2.24, 2.45) is 0 Å². The summed E-state index contributed by atoms with van der Waals surface area (Å²) in [6, 6.07) is 43.1. The molecule has 0 N–H and O–H groups in total. The molecule has 0 aromatic heterocycles. The van der Waals surface area contributed by atoms with E-state index < -0.39 is 16.5 Å². The third kappa shape index (κ3) is 13.5. The minimum absolute atomic E-state index is 0. The summed E-state index contributed by atoms with van der Waals surface area (Å²) >= 11 is 1.74. The Morgan fingerprint density at radius 2 is 0.870 bits per heavy atom. The van der Waals surface area contributed by atoms with Crippen LogP contribution in [-0.2, 0) is 23.3 Å². The molecule has 240 valence electrons. The van der Waals surface area contributed by atoms with E-state index in [9.17, 15) is 0 Å². The molecule has 0 aliphatic carbocycles. The second-order valence-corrected chi connectivity index (χ2v) is 32.8. The predicted octanol–water partition coefficient (Wildman–Crippen LogP) is 9.89. The molecule has 1 nitrogen and oxygen atoms in total. The molecule has 6 heteroatoms. The molecule has 6 aromatic rings. The molecule has 0 radical (unpaired) electrons. The summed E-state index contributed by atoms with van der Waals surface area (Å²) in [6.45, 7) is 22.7. The van der Waals surface area contributed by atoms with E-state index in [4.69, 9.17) is 4.65 Å². The number of halogens is 1. The zero-order valence-corrected chi connectivity index (χ0v) is 35.6. The van der Waals surface area contributed by atoms with E-state index in [1.165, 1.54) is 54.9 Å². The maximum atomic E-state index is 4.82. The van der Waals surface area contributed by atoms with Crippen LogP contribution in [0.25, 0.3) is 48.4 Å². The Kier molecular flexibility index (Phi) is 16.1. The first-order chi connectivity index (χ1) is 21.1. The summed E-state index contributed by atoms with van der Waals surface area (Å²) in [7, 11) is -2.21. The summed E-state index contributed by atoms with van der Waals surface area (Å²) < 4.78 is 4.82. The van der Waals surface area contributed by atoms with Gasteiger partial charge >= 0.3 is 41.9 Å². The van der Waals surface area contributed by atoms with Crippen LogP contribution in [0.5, 0.6) is 0 Å². The molecule has 46 heavy (non-hydrogen) atoms. The Bertz CT molecular complexity index is 1660. The van der Waals surface area contributed by atoms with Gasteiger partial charge in [-0.15, -0.1) is 69.1 Å². The van der Waals surface area contributed by atoms with Gasteiger partial charge in [-0.3, -0.25) is 0 Å². The maximum Gasteiger partial charge on any atom is -0.0279 e. The molecular formula is C40H50ClNSi3Zr-2. The number of hydrogen-bond donors (Lipinski definition) is 0. The van der Waals surface area contributed by atoms with Crippen LogP contribution in [0.1, 0.15) is 11.1 Å². The van der Waals surface area contributed by atoms with Crippen LogP contribution in [-0.4, -0.2) is 21.9 Å². The first-order valence-electron chi connectivity index (χ1n) is 15.8. The van der Waals surface area contributed by atoms with Crippen molar-refractivity contribution in [1.82, 2.24) is 0 Å². The van der Waals surface area contributed by atoms with Gasteiger partial charge in [0.1, 0.15) is 0 Å². The standard InChI is InChI=1S/2C16H13.C6H18NSi2.C2H6Si.ClH.Zr/c2*1-12-10-14-8-5-9-15(16(14)11-12)13-6-3-2-4-7-13;1-8(2,3)7-9(4,5)6;1-3-2;;/h2*2-11H,1H3;1-6H3;1-2H3;1H;/q3*-1;;;+2/p-1. The SMILES string of the molecule is C[Si](C)(C)[N-][Si](C)(C)C.C[Si](C)=[Zr+2].Cc1cc2c(-c3ccccc3)cccc2[cH-]1.Cc1cc2c(-c3ccccc3)cccc2[cH-]1.[Cl-]. The van der Waals surface area contributed by atoms with Crippen LogP contribution < -0.4 is 12.4 Å². The quantitative estimate of drug-likeness (QED) is 0.126. The largest absolute Gasteiger partial charge is 1.00 e. The van der Waals surface area contributed by atoms with Crippen molar-refractivity contribution >= 4 is 43.4 Å². The average Bonchev–Trinajstić information content (AvgIpc) is 3.53. The van der Waals surface area contributed by atoms with Crippen LogP contribution in [0.15, 0.2) is 121 Å². The molecule has 0 bridgehead atoms. The molecule has 0 atom stereocenters.